The Morgan fingerprint density at radius 1 is 0.640 bits per heavy atom. The summed E-state index contributed by atoms with van der Waals surface area (Å²) in [6.45, 7) is 1.73. The van der Waals surface area contributed by atoms with Crippen LogP contribution in [0.1, 0.15) is 87.8 Å². The van der Waals surface area contributed by atoms with Gasteiger partial charge in [0.15, 0.2) is 5.78 Å². The number of halogens is 1. The van der Waals surface area contributed by atoms with Crippen molar-refractivity contribution < 1.29 is 73.8 Å². The van der Waals surface area contributed by atoms with Crippen molar-refractivity contribution in [3.63, 3.8) is 0 Å². The zero-order chi connectivity index (χ0) is 55.5. The van der Waals surface area contributed by atoms with Crippen LogP contribution in [0.2, 0.25) is 0 Å². The van der Waals surface area contributed by atoms with Crippen LogP contribution in [0.3, 0.4) is 0 Å². The molecule has 8 N–H and O–H groups in total. The number of carbonyl (C=O) groups is 9. The Bertz CT molecular complexity index is 2240. The third-order valence-electron chi connectivity index (χ3n) is 12.5. The number of rotatable bonds is 32. The van der Waals surface area contributed by atoms with Gasteiger partial charge in [-0.05, 0) is 102 Å². The summed E-state index contributed by atoms with van der Waals surface area (Å²) in [6, 6.07) is 7.53. The molecule has 1 unspecified atom stereocenters. The minimum atomic E-state index is -1.29. The molecule has 2 aromatic rings. The minimum Gasteiger partial charge on any atom is -0.481 e. The number of pyridine rings is 1. The standard InChI is InChI=1S/C50H71BrN8O15S/c1-34(60)40(15-17-44(62)63)53-50(74)54-41(49(72)73)8-5-6-18-59(28-37-14-16-42(51)52-27-37)43(61)9-4-2-3-7-39(75)26-36-12-10-35(11-13-36)25-38-29-57(32-47(68)69)22-21-55(30-45(64)65)19-20-56(31-46(66)67)23-24-58(38)33-48(70)71/h10-14,16,27,38,40-41H,2-9,15,17-26,28-33H2,1H3,(H,62,63)(H,64,65)(H,66,67)(H,68,69)(H,70,71)(H,72,73)(H2,53,54,74)/t38?,40-,41-/m0/s1. The number of hydrogen-bond acceptors (Lipinski definition) is 15. The van der Waals surface area contributed by atoms with Gasteiger partial charge in [0.25, 0.3) is 0 Å². The Labute approximate surface area is 449 Å². The van der Waals surface area contributed by atoms with Crippen molar-refractivity contribution in [3.05, 3.63) is 63.9 Å². The van der Waals surface area contributed by atoms with Crippen molar-refractivity contribution in [2.24, 2.45) is 0 Å². The van der Waals surface area contributed by atoms with Crippen LogP contribution in [0.4, 0.5) is 4.79 Å². The average molecular weight is 1140 g/mol. The summed E-state index contributed by atoms with van der Waals surface area (Å²) in [5.74, 6) is -7.34. The summed E-state index contributed by atoms with van der Waals surface area (Å²) in [5, 5.41) is 62.2. The number of carboxylic acid groups (broad SMARTS) is 6. The van der Waals surface area contributed by atoms with Gasteiger partial charge in [0.2, 0.25) is 5.91 Å². The number of aliphatic carboxylic acids is 6. The number of aromatic nitrogens is 1. The Morgan fingerprint density at radius 3 is 1.75 bits per heavy atom. The molecule has 0 radical (unpaired) electrons. The van der Waals surface area contributed by atoms with Gasteiger partial charge in [-0.1, -0.05) is 49.0 Å². The molecule has 0 aliphatic carbocycles. The zero-order valence-corrected chi connectivity index (χ0v) is 44.7. The van der Waals surface area contributed by atoms with Gasteiger partial charge in [0.1, 0.15) is 10.6 Å². The van der Waals surface area contributed by atoms with Crippen LogP contribution in [-0.4, -0.2) is 215 Å². The first-order chi connectivity index (χ1) is 35.6. The summed E-state index contributed by atoms with van der Waals surface area (Å²) >= 11 is 9.08. The number of carbonyl (C=O) groups excluding carboxylic acids is 3. The molecule has 1 aromatic heterocycles. The highest BCUT2D eigenvalue weighted by Crippen LogP contribution is 2.18. The van der Waals surface area contributed by atoms with E-state index in [1.165, 1.54) is 6.92 Å². The molecule has 2 heterocycles. The van der Waals surface area contributed by atoms with E-state index in [0.717, 1.165) is 34.4 Å². The summed E-state index contributed by atoms with van der Waals surface area (Å²) < 4.78 is 0.632. The van der Waals surface area contributed by atoms with E-state index >= 15 is 0 Å². The van der Waals surface area contributed by atoms with E-state index < -0.39 is 65.8 Å². The van der Waals surface area contributed by atoms with Crippen LogP contribution in [0, 0.1) is 0 Å². The van der Waals surface area contributed by atoms with Crippen LogP contribution in [0.5, 0.6) is 0 Å². The number of urea groups is 1. The predicted molar refractivity (Wildman–Crippen MR) is 280 cm³/mol. The first kappa shape index (κ1) is 63.3. The molecule has 75 heavy (non-hydrogen) atoms. The van der Waals surface area contributed by atoms with E-state index in [0.29, 0.717) is 49.7 Å². The molecule has 1 aliphatic rings. The Kier molecular flexibility index (Phi) is 28.6. The van der Waals surface area contributed by atoms with Crippen molar-refractivity contribution in [1.82, 2.24) is 40.1 Å². The maximum absolute atomic E-state index is 13.6. The first-order valence-corrected chi connectivity index (χ1v) is 26.0. The summed E-state index contributed by atoms with van der Waals surface area (Å²) in [4.78, 5) is 122. The van der Waals surface area contributed by atoms with Crippen LogP contribution in [0.15, 0.2) is 47.2 Å². The maximum Gasteiger partial charge on any atom is 0.326 e. The van der Waals surface area contributed by atoms with Gasteiger partial charge in [-0.25, -0.2) is 14.6 Å². The molecular formula is C50H71BrN8O15S. The van der Waals surface area contributed by atoms with Gasteiger partial charge in [0.05, 0.1) is 32.2 Å². The van der Waals surface area contributed by atoms with E-state index in [9.17, 15) is 68.7 Å². The van der Waals surface area contributed by atoms with Crippen LogP contribution in [0.25, 0.3) is 0 Å². The van der Waals surface area contributed by atoms with Crippen molar-refractivity contribution >= 4 is 86.5 Å². The smallest absolute Gasteiger partial charge is 0.326 e. The lowest BCUT2D eigenvalue weighted by atomic mass is 9.99. The molecule has 1 aromatic carbocycles. The molecule has 23 nitrogen and oxygen atoms in total. The largest absolute Gasteiger partial charge is 0.481 e. The highest BCUT2D eigenvalue weighted by molar-refractivity contribution is 9.10. The Hall–Kier alpha value is -5.99. The predicted octanol–water partition coefficient (Wildman–Crippen LogP) is 2.95. The third kappa shape index (κ3) is 26.9. The molecule has 3 amide bonds. The zero-order valence-electron chi connectivity index (χ0n) is 42.3. The number of amides is 3. The second-order valence-electron chi connectivity index (χ2n) is 18.7. The average Bonchev–Trinajstić information content (AvgIpc) is 3.32. The fourth-order valence-electron chi connectivity index (χ4n) is 8.59. The van der Waals surface area contributed by atoms with E-state index in [1.807, 2.05) is 30.3 Å². The Balaban J connectivity index is 1.58. The highest BCUT2D eigenvalue weighted by atomic mass is 79.9. The quantitative estimate of drug-likeness (QED) is 0.0297. The number of hydrogen-bond donors (Lipinski definition) is 8. The van der Waals surface area contributed by atoms with Crippen LogP contribution < -0.4 is 10.6 Å². The molecule has 0 spiro atoms. The second-order valence-corrected chi connectivity index (χ2v) is 20.1. The highest BCUT2D eigenvalue weighted by Gasteiger charge is 2.28. The molecule has 3 rings (SSSR count). The van der Waals surface area contributed by atoms with Gasteiger partial charge in [-0.2, -0.15) is 0 Å². The van der Waals surface area contributed by atoms with Crippen molar-refractivity contribution in [2.75, 3.05) is 78.5 Å². The molecule has 0 bridgehead atoms. The van der Waals surface area contributed by atoms with Gasteiger partial charge in [0, 0.05) is 90.4 Å². The van der Waals surface area contributed by atoms with Crippen molar-refractivity contribution in [1.29, 1.82) is 0 Å². The molecule has 3 atom stereocenters. The number of ketones is 1. The molecule has 1 saturated heterocycles. The molecular weight excluding hydrogens is 1060 g/mol. The lowest BCUT2D eigenvalue weighted by molar-refractivity contribution is -0.142. The lowest BCUT2D eigenvalue weighted by Gasteiger charge is -2.37. The van der Waals surface area contributed by atoms with Gasteiger partial charge in [-0.3, -0.25) is 53.2 Å². The fraction of sp³-hybridized carbons (Fsp3) is 0.580. The maximum atomic E-state index is 13.6. The molecule has 414 valence electrons. The van der Waals surface area contributed by atoms with E-state index in [1.54, 1.807) is 36.8 Å². The van der Waals surface area contributed by atoms with Crippen molar-refractivity contribution in [2.45, 2.75) is 109 Å². The minimum absolute atomic E-state index is 0.0360. The van der Waals surface area contributed by atoms with Crippen LogP contribution >= 0.6 is 28.1 Å². The number of nitrogens with zero attached hydrogens (tertiary/aromatic N) is 6. The lowest BCUT2D eigenvalue weighted by Crippen LogP contribution is -2.53. The van der Waals surface area contributed by atoms with Gasteiger partial charge in [-0.15, -0.1) is 0 Å². The first-order valence-electron chi connectivity index (χ1n) is 24.8. The van der Waals surface area contributed by atoms with Gasteiger partial charge >= 0.3 is 41.8 Å². The molecule has 1 fully saturated rings. The number of benzene rings is 1. The van der Waals surface area contributed by atoms with E-state index in [4.69, 9.17) is 17.3 Å². The van der Waals surface area contributed by atoms with Gasteiger partial charge < -0.3 is 46.2 Å². The topological polar surface area (TPSA) is 328 Å². The summed E-state index contributed by atoms with van der Waals surface area (Å²) in [6.07, 6.45) is 5.79. The monoisotopic (exact) mass is 1130 g/mol. The number of unbranched alkanes of at least 4 members (excludes halogenated alkanes) is 3. The number of carboxylic acids is 6. The summed E-state index contributed by atoms with van der Waals surface area (Å²) in [5.41, 5.74) is 2.61. The van der Waals surface area contributed by atoms with E-state index in [2.05, 4.69) is 31.5 Å². The molecule has 0 saturated carbocycles. The molecule has 25 heteroatoms. The second kappa shape index (κ2) is 33.8. The Morgan fingerprint density at radius 2 is 1.19 bits per heavy atom. The van der Waals surface area contributed by atoms with E-state index in [-0.39, 0.29) is 110 Å². The number of Topliss-reactive ketones (excluding diaryl/α,β-unsaturated/α-hetero) is 1. The third-order valence-corrected chi connectivity index (χ3v) is 13.4. The number of nitrogens with one attached hydrogen (secondary N) is 2. The SMILES string of the molecule is CC(=O)[C@H](CCC(=O)O)NC(=O)N[C@@H](CCCCN(Cc1ccc(Br)nc1)C(=O)CCCCCC(=S)Cc1ccc(CC2CN(CC(=O)O)CCN(CC(=O)O)CCN(CC(=O)O)CCN2CC(=O)O)cc1)C(=O)O. The van der Waals surface area contributed by atoms with Crippen LogP contribution in [-0.2, 0) is 57.7 Å². The normalized spacial score (nSPS) is 16.1. The summed E-state index contributed by atoms with van der Waals surface area (Å²) in [7, 11) is 0. The molecule has 1 aliphatic heterocycles. The fourth-order valence-corrected chi connectivity index (χ4v) is 9.14. The van der Waals surface area contributed by atoms with Crippen molar-refractivity contribution in [3.8, 4) is 0 Å². The number of thiocarbonyl (C=S) groups is 1.